The highest BCUT2D eigenvalue weighted by Crippen LogP contribution is 2.50. The standard InChI is InChI=1S/C33H32O4/c34-29-10-4-8-25-23(29)16-18-27(32(25)36)31(22-14-12-21(13-15-22)20-6-2-1-3-7-20)28-19-17-24-26(33(28)37)9-5-11-30(24)35/h1-17,25-28,31-37H,18-19H2/t25?,26?,27?,28?,31?,32-,33?/m1/s1. The summed E-state index contributed by atoms with van der Waals surface area (Å²) < 4.78 is 0. The molecule has 6 unspecified atom stereocenters. The highest BCUT2D eigenvalue weighted by molar-refractivity contribution is 5.63. The van der Waals surface area contributed by atoms with Gasteiger partial charge >= 0.3 is 0 Å². The lowest BCUT2D eigenvalue weighted by Crippen LogP contribution is -2.44. The Morgan fingerprint density at radius 2 is 1.11 bits per heavy atom. The van der Waals surface area contributed by atoms with Gasteiger partial charge in [0.25, 0.3) is 0 Å². The molecule has 188 valence electrons. The number of hydrogen-bond donors (Lipinski definition) is 4. The maximum absolute atomic E-state index is 11.6. The first-order chi connectivity index (χ1) is 18.0. The van der Waals surface area contributed by atoms with Crippen molar-refractivity contribution in [3.8, 4) is 11.1 Å². The lowest BCUT2D eigenvalue weighted by molar-refractivity contribution is 0.00327. The van der Waals surface area contributed by atoms with Crippen LogP contribution in [0, 0.1) is 23.7 Å². The summed E-state index contributed by atoms with van der Waals surface area (Å²) in [5.74, 6) is -0.515. The van der Waals surface area contributed by atoms with E-state index in [4.69, 9.17) is 0 Å². The fourth-order valence-electron chi connectivity index (χ4n) is 6.75. The van der Waals surface area contributed by atoms with Crippen LogP contribution in [-0.4, -0.2) is 32.6 Å². The summed E-state index contributed by atoms with van der Waals surface area (Å²) >= 11 is 0. The molecule has 4 heteroatoms. The first-order valence-corrected chi connectivity index (χ1v) is 13.1. The fourth-order valence-corrected chi connectivity index (χ4v) is 6.75. The van der Waals surface area contributed by atoms with Gasteiger partial charge in [0.05, 0.1) is 12.2 Å². The number of hydrogen-bond acceptors (Lipinski definition) is 4. The molecule has 2 aromatic carbocycles. The predicted molar refractivity (Wildman–Crippen MR) is 146 cm³/mol. The minimum Gasteiger partial charge on any atom is -0.508 e. The van der Waals surface area contributed by atoms with Crippen LogP contribution in [-0.2, 0) is 0 Å². The van der Waals surface area contributed by atoms with Gasteiger partial charge in [0.15, 0.2) is 0 Å². The van der Waals surface area contributed by atoms with Crippen molar-refractivity contribution in [1.29, 1.82) is 0 Å². The normalized spacial score (nSPS) is 31.3. The Labute approximate surface area is 217 Å². The van der Waals surface area contributed by atoms with E-state index in [1.54, 1.807) is 24.3 Å². The van der Waals surface area contributed by atoms with Gasteiger partial charge in [0.2, 0.25) is 0 Å². The Morgan fingerprint density at radius 3 is 1.62 bits per heavy atom. The van der Waals surface area contributed by atoms with E-state index in [1.165, 1.54) is 0 Å². The maximum Gasteiger partial charge on any atom is 0.119 e. The zero-order valence-corrected chi connectivity index (χ0v) is 20.6. The third-order valence-corrected chi connectivity index (χ3v) is 8.61. The largest absolute Gasteiger partial charge is 0.508 e. The van der Waals surface area contributed by atoms with E-state index in [0.29, 0.717) is 12.8 Å². The molecule has 0 radical (unpaired) electrons. The number of aliphatic hydroxyl groups is 4. The van der Waals surface area contributed by atoms with Crippen molar-refractivity contribution >= 4 is 0 Å². The van der Waals surface area contributed by atoms with E-state index < -0.39 is 12.2 Å². The molecule has 4 N–H and O–H groups in total. The van der Waals surface area contributed by atoms with Crippen LogP contribution in [0.25, 0.3) is 11.1 Å². The first-order valence-electron chi connectivity index (χ1n) is 13.1. The SMILES string of the molecule is OC1=CC=CC2C1=CCC(C(c1ccc(-c3ccccc3)cc1)C1CC=C3C(O)=CC=CC3[C@H]1O)C2O. The van der Waals surface area contributed by atoms with Crippen LogP contribution < -0.4 is 0 Å². The zero-order valence-electron chi connectivity index (χ0n) is 20.6. The molecule has 4 aliphatic rings. The van der Waals surface area contributed by atoms with Gasteiger partial charge in [-0.1, -0.05) is 91.1 Å². The molecule has 6 rings (SSSR count). The monoisotopic (exact) mass is 492 g/mol. The fraction of sp³-hybridized carbons (Fsp3) is 0.273. The zero-order chi connectivity index (χ0) is 25.5. The van der Waals surface area contributed by atoms with Gasteiger partial charge in [-0.05, 0) is 70.6 Å². The van der Waals surface area contributed by atoms with Crippen molar-refractivity contribution in [2.75, 3.05) is 0 Å². The molecule has 37 heavy (non-hydrogen) atoms. The van der Waals surface area contributed by atoms with E-state index in [-0.39, 0.29) is 41.1 Å². The molecule has 7 atom stereocenters. The molecule has 0 saturated heterocycles. The summed E-state index contributed by atoms with van der Waals surface area (Å²) in [5, 5.41) is 44.1. The minimum atomic E-state index is -0.696. The summed E-state index contributed by atoms with van der Waals surface area (Å²) in [7, 11) is 0. The minimum absolute atomic E-state index is 0.117. The topological polar surface area (TPSA) is 80.9 Å². The second-order valence-electron chi connectivity index (χ2n) is 10.5. The molecule has 0 spiro atoms. The molecule has 0 aliphatic heterocycles. The van der Waals surface area contributed by atoms with Gasteiger partial charge in [0, 0.05) is 11.8 Å². The smallest absolute Gasteiger partial charge is 0.119 e. The molecule has 0 saturated carbocycles. The molecule has 0 fully saturated rings. The van der Waals surface area contributed by atoms with Gasteiger partial charge in [-0.2, -0.15) is 0 Å². The highest BCUT2D eigenvalue weighted by Gasteiger charge is 2.46. The van der Waals surface area contributed by atoms with Crippen LogP contribution in [0.1, 0.15) is 24.3 Å². The van der Waals surface area contributed by atoms with Crippen molar-refractivity contribution in [1.82, 2.24) is 0 Å². The Kier molecular flexibility index (Phi) is 6.23. The van der Waals surface area contributed by atoms with Crippen molar-refractivity contribution in [2.45, 2.75) is 31.0 Å². The van der Waals surface area contributed by atoms with Crippen LogP contribution in [0.15, 0.2) is 126 Å². The van der Waals surface area contributed by atoms with Gasteiger partial charge in [-0.3, -0.25) is 0 Å². The number of allylic oxidation sites excluding steroid dienone is 8. The lowest BCUT2D eigenvalue weighted by Gasteiger charge is -2.45. The van der Waals surface area contributed by atoms with Crippen LogP contribution >= 0.6 is 0 Å². The lowest BCUT2D eigenvalue weighted by atomic mass is 9.61. The number of rotatable bonds is 4. The third kappa shape index (κ3) is 4.20. The predicted octanol–water partition coefficient (Wildman–Crippen LogP) is 6.31. The highest BCUT2D eigenvalue weighted by atomic mass is 16.3. The van der Waals surface area contributed by atoms with E-state index in [2.05, 4.69) is 36.4 Å². The van der Waals surface area contributed by atoms with Gasteiger partial charge < -0.3 is 20.4 Å². The molecule has 2 aromatic rings. The Morgan fingerprint density at radius 1 is 0.622 bits per heavy atom. The average Bonchev–Trinajstić information content (AvgIpc) is 2.93. The first kappa shape index (κ1) is 23.8. The van der Waals surface area contributed by atoms with E-state index in [0.717, 1.165) is 27.8 Å². The van der Waals surface area contributed by atoms with Crippen LogP contribution in [0.3, 0.4) is 0 Å². The summed E-state index contributed by atoms with van der Waals surface area (Å²) in [6, 6.07) is 18.7. The summed E-state index contributed by atoms with van der Waals surface area (Å²) in [4.78, 5) is 0. The second-order valence-corrected chi connectivity index (χ2v) is 10.5. The van der Waals surface area contributed by atoms with Crippen LogP contribution in [0.2, 0.25) is 0 Å². The quantitative estimate of drug-likeness (QED) is 0.403. The van der Waals surface area contributed by atoms with Crippen molar-refractivity contribution in [3.05, 3.63) is 131 Å². The molecular weight excluding hydrogens is 460 g/mol. The Hall–Kier alpha value is -3.60. The Bertz CT molecular complexity index is 1280. The van der Waals surface area contributed by atoms with Gasteiger partial charge in [-0.15, -0.1) is 0 Å². The van der Waals surface area contributed by atoms with E-state index in [1.807, 2.05) is 42.5 Å². The van der Waals surface area contributed by atoms with Gasteiger partial charge in [0.1, 0.15) is 11.5 Å². The summed E-state index contributed by atoms with van der Waals surface area (Å²) in [6.07, 6.45) is 14.8. The van der Waals surface area contributed by atoms with E-state index >= 15 is 0 Å². The van der Waals surface area contributed by atoms with Crippen molar-refractivity contribution < 1.29 is 20.4 Å². The Balaban J connectivity index is 1.40. The molecule has 0 amide bonds. The number of fused-ring (bicyclic) bond motifs is 2. The van der Waals surface area contributed by atoms with Crippen LogP contribution in [0.4, 0.5) is 0 Å². The van der Waals surface area contributed by atoms with E-state index in [9.17, 15) is 20.4 Å². The number of benzene rings is 2. The molecule has 0 heterocycles. The second kappa shape index (κ2) is 9.70. The molecule has 0 bridgehead atoms. The van der Waals surface area contributed by atoms with Crippen molar-refractivity contribution in [3.63, 3.8) is 0 Å². The molecule has 0 aromatic heterocycles. The third-order valence-electron chi connectivity index (χ3n) is 8.61. The van der Waals surface area contributed by atoms with Crippen molar-refractivity contribution in [2.24, 2.45) is 23.7 Å². The molecule has 4 aliphatic carbocycles. The maximum atomic E-state index is 11.6. The number of aliphatic hydroxyl groups excluding tert-OH is 4. The van der Waals surface area contributed by atoms with Gasteiger partial charge in [-0.25, -0.2) is 0 Å². The average molecular weight is 493 g/mol. The summed E-state index contributed by atoms with van der Waals surface area (Å²) in [6.45, 7) is 0. The van der Waals surface area contributed by atoms with Crippen LogP contribution in [0.5, 0.6) is 0 Å². The summed E-state index contributed by atoms with van der Waals surface area (Å²) in [5.41, 5.74) is 4.91. The molecule has 4 nitrogen and oxygen atoms in total. The molecular formula is C33H32O4.